The van der Waals surface area contributed by atoms with Gasteiger partial charge in [0, 0.05) is 17.0 Å². The molecule has 1 atom stereocenters. The number of nitrogens with one attached hydrogen (secondary N) is 1. The molecule has 0 aliphatic carbocycles. The van der Waals surface area contributed by atoms with Gasteiger partial charge in [-0.3, -0.25) is 0 Å². The minimum absolute atomic E-state index is 0.349. The first-order valence-electron chi connectivity index (χ1n) is 14.2. The Kier molecular flexibility index (Phi) is 13.3. The molecule has 10 heteroatoms. The largest absolute Gasteiger partial charge is 0.514 e. The van der Waals surface area contributed by atoms with Crippen LogP contribution in [-0.2, 0) is 20.6 Å². The van der Waals surface area contributed by atoms with Crippen molar-refractivity contribution < 1.29 is 33.3 Å². The molecule has 2 rings (SSSR count). The quantitative estimate of drug-likeness (QED) is 0.175. The predicted molar refractivity (Wildman–Crippen MR) is 167 cm³/mol. The lowest BCUT2D eigenvalue weighted by Gasteiger charge is -2.35. The van der Waals surface area contributed by atoms with Gasteiger partial charge in [-0.2, -0.15) is 0 Å². The summed E-state index contributed by atoms with van der Waals surface area (Å²) in [5.74, 6) is 1.01. The first kappa shape index (κ1) is 35.6. The number of amides is 1. The average molecular weight is 624 g/mol. The average Bonchev–Trinajstić information content (AvgIpc) is 2.83. The van der Waals surface area contributed by atoms with Gasteiger partial charge in [0.05, 0.1) is 23.6 Å². The maximum atomic E-state index is 12.7. The molecule has 2 aromatic carbocycles. The lowest BCUT2D eigenvalue weighted by atomic mass is 9.87. The van der Waals surface area contributed by atoms with Gasteiger partial charge in [0.2, 0.25) is 0 Å². The lowest BCUT2D eigenvalue weighted by molar-refractivity contribution is 0.0199. The number of alkyl carbamates (subject to hydrolysis) is 1. The third kappa shape index (κ3) is 12.3. The van der Waals surface area contributed by atoms with E-state index in [1.807, 2.05) is 52.0 Å². The summed E-state index contributed by atoms with van der Waals surface area (Å²) in [6.45, 7) is 15.7. The Morgan fingerprint density at radius 2 is 1.62 bits per heavy atom. The van der Waals surface area contributed by atoms with Gasteiger partial charge in [-0.1, -0.05) is 42.8 Å². The summed E-state index contributed by atoms with van der Waals surface area (Å²) in [5, 5.41) is 3.67. The molecular weight excluding hydrogens is 578 g/mol. The van der Waals surface area contributed by atoms with Crippen LogP contribution < -0.4 is 14.8 Å². The van der Waals surface area contributed by atoms with Crippen LogP contribution in [0, 0.1) is 0 Å². The fraction of sp³-hybridized carbons (Fsp3) is 0.562. The van der Waals surface area contributed by atoms with Crippen molar-refractivity contribution in [3.05, 3.63) is 47.0 Å². The van der Waals surface area contributed by atoms with Crippen LogP contribution in [0.3, 0.4) is 0 Å². The highest BCUT2D eigenvalue weighted by atomic mass is 35.5. The van der Waals surface area contributed by atoms with E-state index < -0.39 is 29.0 Å². The fourth-order valence-electron chi connectivity index (χ4n) is 4.27. The molecule has 0 heterocycles. The highest BCUT2D eigenvalue weighted by Gasteiger charge is 2.33. The van der Waals surface area contributed by atoms with E-state index in [1.165, 1.54) is 11.8 Å². The second-order valence-electron chi connectivity index (χ2n) is 12.1. The maximum absolute atomic E-state index is 12.7. The van der Waals surface area contributed by atoms with Crippen LogP contribution in [0.5, 0.6) is 11.5 Å². The summed E-state index contributed by atoms with van der Waals surface area (Å²) >= 11 is 8.16. The lowest BCUT2D eigenvalue weighted by Crippen LogP contribution is -2.53. The standard InChI is InChI=1S/C32H46ClNO7S/c1-10-17-32(21-37-9,34-28(35)40-30(3,4)5)18-16-22-12-14-24(20-25(22)33)42-27-19-23(38-11-2)13-15-26(27)39-29(36)41-31(6,7)8/h12-15,19-20H,10-11,16-18,21H2,1-9H3,(H,34,35)/t32-/m0/s1. The number of hydrogen-bond acceptors (Lipinski definition) is 8. The van der Waals surface area contributed by atoms with E-state index >= 15 is 0 Å². The number of carbonyl (C=O) groups excluding carboxylic acids is 2. The number of aryl methyl sites for hydroxylation is 1. The number of carbonyl (C=O) groups is 2. The second kappa shape index (κ2) is 15.7. The number of halogens is 1. The first-order chi connectivity index (χ1) is 19.6. The Morgan fingerprint density at radius 1 is 0.929 bits per heavy atom. The molecular formula is C32H46ClNO7S. The van der Waals surface area contributed by atoms with E-state index in [-0.39, 0.29) is 0 Å². The minimum Gasteiger partial charge on any atom is -0.494 e. The molecule has 0 saturated carbocycles. The van der Waals surface area contributed by atoms with Crippen LogP contribution in [0.1, 0.15) is 80.2 Å². The summed E-state index contributed by atoms with van der Waals surface area (Å²) in [4.78, 5) is 26.6. The van der Waals surface area contributed by atoms with E-state index in [0.29, 0.717) is 47.5 Å². The summed E-state index contributed by atoms with van der Waals surface area (Å²) in [7, 11) is 1.63. The van der Waals surface area contributed by atoms with Crippen molar-refractivity contribution in [1.82, 2.24) is 5.32 Å². The number of hydrogen-bond donors (Lipinski definition) is 1. The molecule has 0 aliphatic heterocycles. The summed E-state index contributed by atoms with van der Waals surface area (Å²) in [6, 6.07) is 11.1. The van der Waals surface area contributed by atoms with E-state index in [0.717, 1.165) is 23.3 Å². The number of benzene rings is 2. The number of methoxy groups -OCH3 is 1. The van der Waals surface area contributed by atoms with E-state index in [1.54, 1.807) is 40.0 Å². The second-order valence-corrected chi connectivity index (χ2v) is 13.6. The maximum Gasteiger partial charge on any atom is 0.514 e. The van der Waals surface area contributed by atoms with Crippen molar-refractivity contribution in [1.29, 1.82) is 0 Å². The molecule has 8 nitrogen and oxygen atoms in total. The summed E-state index contributed by atoms with van der Waals surface area (Å²) < 4.78 is 27.6. The Bertz CT molecular complexity index is 1180. The smallest absolute Gasteiger partial charge is 0.494 e. The molecule has 0 aromatic heterocycles. The highest BCUT2D eigenvalue weighted by molar-refractivity contribution is 7.99. The van der Waals surface area contributed by atoms with Crippen LogP contribution in [-0.4, -0.2) is 49.3 Å². The zero-order valence-electron chi connectivity index (χ0n) is 26.4. The van der Waals surface area contributed by atoms with Gasteiger partial charge in [-0.15, -0.1) is 0 Å². The molecule has 0 spiro atoms. The van der Waals surface area contributed by atoms with Gasteiger partial charge < -0.3 is 29.0 Å². The monoisotopic (exact) mass is 623 g/mol. The van der Waals surface area contributed by atoms with Gasteiger partial charge in [-0.25, -0.2) is 9.59 Å². The van der Waals surface area contributed by atoms with Crippen molar-refractivity contribution >= 4 is 35.6 Å². The van der Waals surface area contributed by atoms with Crippen molar-refractivity contribution in [2.75, 3.05) is 20.3 Å². The molecule has 234 valence electrons. The molecule has 1 amide bonds. The highest BCUT2D eigenvalue weighted by Crippen LogP contribution is 2.39. The van der Waals surface area contributed by atoms with Gasteiger partial charge in [0.1, 0.15) is 22.7 Å². The van der Waals surface area contributed by atoms with Crippen molar-refractivity contribution in [2.24, 2.45) is 0 Å². The van der Waals surface area contributed by atoms with Gasteiger partial charge in [-0.05, 0) is 104 Å². The molecule has 0 aliphatic rings. The number of rotatable bonds is 13. The minimum atomic E-state index is -0.784. The SMILES string of the molecule is CCC[C@](CCc1ccc(Sc2cc(OCC)ccc2OC(=O)OC(C)(C)C)cc1Cl)(COC)NC(=O)OC(C)(C)C. The molecule has 0 saturated heterocycles. The fourth-order valence-corrected chi connectivity index (χ4v) is 5.56. The molecule has 0 bridgehead atoms. The van der Waals surface area contributed by atoms with Gasteiger partial charge in [0.15, 0.2) is 0 Å². The van der Waals surface area contributed by atoms with E-state index in [9.17, 15) is 9.59 Å². The Morgan fingerprint density at radius 3 is 2.19 bits per heavy atom. The van der Waals surface area contributed by atoms with Crippen LogP contribution in [0.4, 0.5) is 9.59 Å². The van der Waals surface area contributed by atoms with Crippen molar-refractivity contribution in [3.8, 4) is 11.5 Å². The molecule has 0 fully saturated rings. The van der Waals surface area contributed by atoms with E-state index in [2.05, 4.69) is 12.2 Å². The predicted octanol–water partition coefficient (Wildman–Crippen LogP) is 8.85. The van der Waals surface area contributed by atoms with Crippen molar-refractivity contribution in [2.45, 2.75) is 108 Å². The molecule has 0 radical (unpaired) electrons. The summed E-state index contributed by atoms with van der Waals surface area (Å²) in [6.07, 6.45) is 1.57. The zero-order valence-corrected chi connectivity index (χ0v) is 27.9. The van der Waals surface area contributed by atoms with E-state index in [4.69, 9.17) is 35.3 Å². The topological polar surface area (TPSA) is 92.3 Å². The third-order valence-corrected chi connectivity index (χ3v) is 7.23. The van der Waals surface area contributed by atoms with Crippen molar-refractivity contribution in [3.63, 3.8) is 0 Å². The normalized spacial score (nSPS) is 13.2. The Labute approximate surface area is 260 Å². The number of ether oxygens (including phenoxy) is 5. The van der Waals surface area contributed by atoms with Crippen LogP contribution in [0.15, 0.2) is 46.2 Å². The van der Waals surface area contributed by atoms with Gasteiger partial charge in [0.25, 0.3) is 0 Å². The first-order valence-corrected chi connectivity index (χ1v) is 15.4. The summed E-state index contributed by atoms with van der Waals surface area (Å²) in [5.41, 5.74) is -0.946. The van der Waals surface area contributed by atoms with Crippen LogP contribution in [0.2, 0.25) is 5.02 Å². The molecule has 2 aromatic rings. The zero-order chi connectivity index (χ0) is 31.6. The molecule has 0 unspecified atom stereocenters. The molecule has 1 N–H and O–H groups in total. The Balaban J connectivity index is 2.25. The van der Waals surface area contributed by atoms with Crippen LogP contribution >= 0.6 is 23.4 Å². The Hall–Kier alpha value is -2.62. The van der Waals surface area contributed by atoms with Gasteiger partial charge >= 0.3 is 12.2 Å². The van der Waals surface area contributed by atoms with Crippen LogP contribution in [0.25, 0.3) is 0 Å². The molecule has 42 heavy (non-hydrogen) atoms. The third-order valence-electron chi connectivity index (χ3n) is 5.85.